The van der Waals surface area contributed by atoms with E-state index < -0.39 is 14.8 Å². The van der Waals surface area contributed by atoms with Crippen molar-refractivity contribution in [3.63, 3.8) is 0 Å². The molecule has 7 heteroatoms. The van der Waals surface area contributed by atoms with Gasteiger partial charge in [0.05, 0.1) is 0 Å². The van der Waals surface area contributed by atoms with Gasteiger partial charge in [0.15, 0.2) is 0 Å². The average molecular weight is 236 g/mol. The Bertz CT molecular complexity index is 191. The Morgan fingerprint density at radius 3 is 2.07 bits per heavy atom. The second kappa shape index (κ2) is 6.78. The second-order valence-electron chi connectivity index (χ2n) is 3.07. The smallest absolute Gasteiger partial charge is 0.376 e. The molecule has 0 heterocycles. The molecule has 0 bridgehead atoms. The summed E-state index contributed by atoms with van der Waals surface area (Å²) in [5.41, 5.74) is 4.78. The fourth-order valence-corrected chi connectivity index (χ4v) is 3.79. The zero-order valence-electron chi connectivity index (χ0n) is 9.70. The molecule has 0 fully saturated rings. The summed E-state index contributed by atoms with van der Waals surface area (Å²) in [6.45, 7) is 2.00. The Labute approximate surface area is 91.4 Å². The number of carbonyl (C=O) groups excluding carboxylic acids is 1. The number of nitrogens with one attached hydrogen (secondary N) is 1. The molecule has 0 aromatic carbocycles. The van der Waals surface area contributed by atoms with Crippen LogP contribution in [0.2, 0.25) is 0 Å². The van der Waals surface area contributed by atoms with Crippen LogP contribution in [0.3, 0.4) is 0 Å². The molecule has 1 unspecified atom stereocenters. The monoisotopic (exact) mass is 236 g/mol. The molecule has 0 aliphatic heterocycles. The standard InChI is InChI=1S/C8H20N2O4Si/c1-5-6-7(10-8(9)11)15(12-2,13-3)14-4/h7H,5-6H2,1-4H3,(H3,9,10,11). The lowest BCUT2D eigenvalue weighted by molar-refractivity contribution is 0.106. The third-order valence-corrected chi connectivity index (χ3v) is 5.17. The highest BCUT2D eigenvalue weighted by Crippen LogP contribution is 2.16. The van der Waals surface area contributed by atoms with Gasteiger partial charge >= 0.3 is 14.8 Å². The van der Waals surface area contributed by atoms with Crippen LogP contribution in [0.4, 0.5) is 4.79 Å². The zero-order chi connectivity index (χ0) is 11.9. The van der Waals surface area contributed by atoms with Crippen molar-refractivity contribution < 1.29 is 18.1 Å². The van der Waals surface area contributed by atoms with Gasteiger partial charge in [-0.05, 0) is 6.42 Å². The summed E-state index contributed by atoms with van der Waals surface area (Å²) in [6, 6.07) is -0.600. The first-order valence-corrected chi connectivity index (χ1v) is 6.57. The number of rotatable bonds is 7. The van der Waals surface area contributed by atoms with E-state index in [0.717, 1.165) is 6.42 Å². The third kappa shape index (κ3) is 3.78. The predicted molar refractivity (Wildman–Crippen MR) is 58.2 cm³/mol. The van der Waals surface area contributed by atoms with Crippen LogP contribution < -0.4 is 11.1 Å². The number of urea groups is 1. The van der Waals surface area contributed by atoms with Crippen LogP contribution >= 0.6 is 0 Å². The summed E-state index contributed by atoms with van der Waals surface area (Å²) >= 11 is 0. The summed E-state index contributed by atoms with van der Waals surface area (Å²) in [5.74, 6) is 0. The number of carbonyl (C=O) groups is 1. The van der Waals surface area contributed by atoms with E-state index in [0.29, 0.717) is 6.42 Å². The Morgan fingerprint density at radius 1 is 1.33 bits per heavy atom. The number of hydrogen-bond acceptors (Lipinski definition) is 4. The minimum absolute atomic E-state index is 0.306. The quantitative estimate of drug-likeness (QED) is 0.620. The lowest BCUT2D eigenvalue weighted by atomic mass is 10.3. The summed E-state index contributed by atoms with van der Waals surface area (Å²) in [4.78, 5) is 10.8. The molecule has 0 spiro atoms. The van der Waals surface area contributed by atoms with Gasteiger partial charge in [0.1, 0.15) is 5.67 Å². The minimum Gasteiger partial charge on any atom is -0.376 e. The van der Waals surface area contributed by atoms with Crippen molar-refractivity contribution >= 4 is 14.8 Å². The lowest BCUT2D eigenvalue weighted by Crippen LogP contribution is -2.62. The van der Waals surface area contributed by atoms with Crippen LogP contribution in [0.15, 0.2) is 0 Å². The number of amides is 2. The summed E-state index contributed by atoms with van der Waals surface area (Å²) in [6.07, 6.45) is 1.57. The molecule has 6 nitrogen and oxygen atoms in total. The lowest BCUT2D eigenvalue weighted by Gasteiger charge is -2.32. The van der Waals surface area contributed by atoms with E-state index in [-0.39, 0.29) is 5.67 Å². The fourth-order valence-electron chi connectivity index (χ4n) is 1.47. The van der Waals surface area contributed by atoms with Crippen molar-refractivity contribution in [3.05, 3.63) is 0 Å². The molecule has 0 aromatic heterocycles. The number of hydrogen-bond donors (Lipinski definition) is 2. The Balaban J connectivity index is 4.73. The van der Waals surface area contributed by atoms with Gasteiger partial charge in [0, 0.05) is 21.3 Å². The van der Waals surface area contributed by atoms with Crippen LogP contribution in [-0.2, 0) is 13.3 Å². The Hall–Kier alpha value is -0.633. The Kier molecular flexibility index (Phi) is 6.49. The van der Waals surface area contributed by atoms with Crippen LogP contribution in [0, 0.1) is 0 Å². The van der Waals surface area contributed by atoms with E-state index >= 15 is 0 Å². The van der Waals surface area contributed by atoms with E-state index in [1.54, 1.807) is 0 Å². The topological polar surface area (TPSA) is 82.8 Å². The number of nitrogens with two attached hydrogens (primary N) is 1. The summed E-state index contributed by atoms with van der Waals surface area (Å²) in [5, 5.41) is 2.60. The molecule has 0 aromatic rings. The Morgan fingerprint density at radius 2 is 1.80 bits per heavy atom. The van der Waals surface area contributed by atoms with E-state index in [2.05, 4.69) is 5.32 Å². The minimum atomic E-state index is -2.84. The van der Waals surface area contributed by atoms with Crippen molar-refractivity contribution in [2.75, 3.05) is 21.3 Å². The second-order valence-corrected chi connectivity index (χ2v) is 6.19. The van der Waals surface area contributed by atoms with Gasteiger partial charge in [-0.15, -0.1) is 0 Å². The van der Waals surface area contributed by atoms with E-state index in [1.807, 2.05) is 6.92 Å². The normalized spacial score (nSPS) is 13.6. The molecule has 0 saturated heterocycles. The van der Waals surface area contributed by atoms with Crippen LogP contribution in [0.1, 0.15) is 19.8 Å². The molecule has 0 aliphatic rings. The molecule has 0 radical (unpaired) electrons. The van der Waals surface area contributed by atoms with Gasteiger partial charge in [-0.3, -0.25) is 0 Å². The van der Waals surface area contributed by atoms with Crippen molar-refractivity contribution in [2.24, 2.45) is 5.73 Å². The van der Waals surface area contributed by atoms with Crippen LogP contribution in [-0.4, -0.2) is 41.8 Å². The van der Waals surface area contributed by atoms with E-state index in [1.165, 1.54) is 21.3 Å². The highest BCUT2D eigenvalue weighted by molar-refractivity contribution is 6.62. The molecule has 0 aliphatic carbocycles. The van der Waals surface area contributed by atoms with Crippen LogP contribution in [0.5, 0.6) is 0 Å². The SMILES string of the molecule is CCCC(NC(N)=O)[Si](OC)(OC)OC. The molecule has 90 valence electrons. The molecule has 2 amide bonds. The zero-order valence-corrected chi connectivity index (χ0v) is 10.7. The number of primary amides is 1. The molecular formula is C8H20N2O4Si. The van der Waals surface area contributed by atoms with Crippen LogP contribution in [0.25, 0.3) is 0 Å². The first-order valence-electron chi connectivity index (χ1n) is 4.77. The largest absolute Gasteiger partial charge is 0.523 e. The summed E-state index contributed by atoms with van der Waals surface area (Å²) < 4.78 is 15.8. The molecule has 0 saturated carbocycles. The van der Waals surface area contributed by atoms with Gasteiger partial charge in [0.25, 0.3) is 0 Å². The summed E-state index contributed by atoms with van der Waals surface area (Å²) in [7, 11) is 1.67. The van der Waals surface area contributed by atoms with Gasteiger partial charge in [-0.1, -0.05) is 13.3 Å². The third-order valence-electron chi connectivity index (χ3n) is 2.17. The average Bonchev–Trinajstić information content (AvgIpc) is 2.21. The molecule has 3 N–H and O–H groups in total. The maximum absolute atomic E-state index is 10.8. The first-order chi connectivity index (χ1) is 7.06. The van der Waals surface area contributed by atoms with Gasteiger partial charge in [-0.2, -0.15) is 0 Å². The van der Waals surface area contributed by atoms with Crippen molar-refractivity contribution in [2.45, 2.75) is 25.4 Å². The molecule has 0 rings (SSSR count). The highest BCUT2D eigenvalue weighted by Gasteiger charge is 2.47. The predicted octanol–water partition coefficient (Wildman–Crippen LogP) is 0.241. The fraction of sp³-hybridized carbons (Fsp3) is 0.875. The first kappa shape index (κ1) is 14.4. The molecular weight excluding hydrogens is 216 g/mol. The highest BCUT2D eigenvalue weighted by atomic mass is 28.4. The maximum atomic E-state index is 10.8. The maximum Gasteiger partial charge on any atom is 0.523 e. The van der Waals surface area contributed by atoms with Crippen molar-refractivity contribution in [1.29, 1.82) is 0 Å². The van der Waals surface area contributed by atoms with Gasteiger partial charge in [0.2, 0.25) is 0 Å². The molecule has 1 atom stereocenters. The molecule has 15 heavy (non-hydrogen) atoms. The van der Waals surface area contributed by atoms with Crippen molar-refractivity contribution in [1.82, 2.24) is 5.32 Å². The van der Waals surface area contributed by atoms with Crippen molar-refractivity contribution in [3.8, 4) is 0 Å². The van der Waals surface area contributed by atoms with E-state index in [4.69, 9.17) is 19.0 Å². The van der Waals surface area contributed by atoms with Gasteiger partial charge in [-0.25, -0.2) is 4.79 Å². The van der Waals surface area contributed by atoms with E-state index in [9.17, 15) is 4.79 Å². The van der Waals surface area contributed by atoms with Gasteiger partial charge < -0.3 is 24.3 Å².